The minimum Gasteiger partial charge on any atom is -0.356 e. The second-order valence-electron chi connectivity index (χ2n) is 7.08. The van der Waals surface area contributed by atoms with Crippen LogP contribution in [-0.2, 0) is 5.88 Å². The molecule has 1 aromatic heterocycles. The monoisotopic (exact) mass is 302 g/mol. The predicted octanol–water partition coefficient (Wildman–Crippen LogP) is 4.85. The Morgan fingerprint density at radius 3 is 2.57 bits per heavy atom. The SMILES string of the molecule is CC(C)(C)C1CCN(c2ncc(CCl)c3ccccc23)C1. The van der Waals surface area contributed by atoms with Crippen molar-refractivity contribution in [3.63, 3.8) is 0 Å². The van der Waals surface area contributed by atoms with Crippen LogP contribution in [0.5, 0.6) is 0 Å². The van der Waals surface area contributed by atoms with Crippen molar-refractivity contribution < 1.29 is 0 Å². The molecule has 112 valence electrons. The number of fused-ring (bicyclic) bond motifs is 1. The van der Waals surface area contributed by atoms with E-state index in [1.165, 1.54) is 17.2 Å². The van der Waals surface area contributed by atoms with Crippen molar-refractivity contribution >= 4 is 28.2 Å². The highest BCUT2D eigenvalue weighted by Gasteiger charge is 2.32. The Morgan fingerprint density at radius 1 is 1.24 bits per heavy atom. The minimum atomic E-state index is 0.362. The molecule has 1 aliphatic heterocycles. The molecule has 0 N–H and O–H groups in total. The third-order valence-electron chi connectivity index (χ3n) is 4.71. The molecule has 0 saturated carbocycles. The molecule has 0 aliphatic carbocycles. The van der Waals surface area contributed by atoms with Crippen LogP contribution in [0, 0.1) is 11.3 Å². The molecular weight excluding hydrogens is 280 g/mol. The molecule has 2 nitrogen and oxygen atoms in total. The highest BCUT2D eigenvalue weighted by Crippen LogP contribution is 2.37. The number of anilines is 1. The number of rotatable bonds is 2. The third kappa shape index (κ3) is 2.74. The number of pyridine rings is 1. The van der Waals surface area contributed by atoms with Gasteiger partial charge in [-0.25, -0.2) is 4.98 Å². The van der Waals surface area contributed by atoms with Gasteiger partial charge in [-0.15, -0.1) is 11.6 Å². The molecule has 1 aromatic carbocycles. The number of aromatic nitrogens is 1. The van der Waals surface area contributed by atoms with Gasteiger partial charge in [0.15, 0.2) is 0 Å². The summed E-state index contributed by atoms with van der Waals surface area (Å²) in [6, 6.07) is 8.47. The maximum Gasteiger partial charge on any atom is 0.136 e. The van der Waals surface area contributed by atoms with Crippen LogP contribution in [0.4, 0.5) is 5.82 Å². The van der Waals surface area contributed by atoms with Gasteiger partial charge in [0, 0.05) is 30.6 Å². The molecule has 1 unspecified atom stereocenters. The Hall–Kier alpha value is -1.28. The minimum absolute atomic E-state index is 0.362. The van der Waals surface area contributed by atoms with Crippen molar-refractivity contribution in [2.45, 2.75) is 33.1 Å². The van der Waals surface area contributed by atoms with Gasteiger partial charge in [-0.2, -0.15) is 0 Å². The molecule has 3 rings (SSSR count). The third-order valence-corrected chi connectivity index (χ3v) is 5.00. The molecule has 1 atom stereocenters. The van der Waals surface area contributed by atoms with E-state index in [2.05, 4.69) is 49.9 Å². The van der Waals surface area contributed by atoms with E-state index in [1.54, 1.807) is 0 Å². The molecule has 0 spiro atoms. The Bertz CT molecular complexity index is 645. The standard InChI is InChI=1S/C18H23ClN2/c1-18(2,3)14-8-9-21(12-14)17-16-7-5-4-6-15(16)13(10-19)11-20-17/h4-7,11,14H,8-10,12H2,1-3H3. The summed E-state index contributed by atoms with van der Waals surface area (Å²) in [7, 11) is 0. The van der Waals surface area contributed by atoms with Crippen molar-refractivity contribution in [2.24, 2.45) is 11.3 Å². The summed E-state index contributed by atoms with van der Waals surface area (Å²) in [5.41, 5.74) is 1.48. The number of hydrogen-bond acceptors (Lipinski definition) is 2. The number of halogens is 1. The van der Waals surface area contributed by atoms with Gasteiger partial charge in [0.05, 0.1) is 0 Å². The van der Waals surface area contributed by atoms with Crippen LogP contribution in [0.1, 0.15) is 32.8 Å². The second-order valence-corrected chi connectivity index (χ2v) is 7.35. The topological polar surface area (TPSA) is 16.1 Å². The quantitative estimate of drug-likeness (QED) is 0.738. The molecule has 1 aliphatic rings. The molecule has 0 bridgehead atoms. The molecule has 3 heteroatoms. The van der Waals surface area contributed by atoms with Crippen LogP contribution in [0.15, 0.2) is 30.5 Å². The van der Waals surface area contributed by atoms with E-state index in [1.807, 2.05) is 6.20 Å². The smallest absolute Gasteiger partial charge is 0.136 e. The van der Waals surface area contributed by atoms with Crippen LogP contribution in [0.2, 0.25) is 0 Å². The molecule has 2 aromatic rings. The maximum absolute atomic E-state index is 6.05. The lowest BCUT2D eigenvalue weighted by Crippen LogP contribution is -2.26. The highest BCUT2D eigenvalue weighted by atomic mass is 35.5. The fourth-order valence-electron chi connectivity index (χ4n) is 3.25. The van der Waals surface area contributed by atoms with E-state index in [0.29, 0.717) is 11.3 Å². The number of alkyl halides is 1. The van der Waals surface area contributed by atoms with Crippen LogP contribution in [-0.4, -0.2) is 18.1 Å². The fourth-order valence-corrected chi connectivity index (χ4v) is 3.47. The second kappa shape index (κ2) is 5.49. The first kappa shape index (κ1) is 14.6. The summed E-state index contributed by atoms with van der Waals surface area (Å²) < 4.78 is 0. The lowest BCUT2D eigenvalue weighted by atomic mass is 9.80. The lowest BCUT2D eigenvalue weighted by molar-refractivity contribution is 0.263. The van der Waals surface area contributed by atoms with E-state index in [0.717, 1.165) is 30.4 Å². The highest BCUT2D eigenvalue weighted by molar-refractivity contribution is 6.18. The Kier molecular flexibility index (Phi) is 3.83. The van der Waals surface area contributed by atoms with Crippen molar-refractivity contribution in [3.8, 4) is 0 Å². The Morgan fingerprint density at radius 2 is 1.95 bits per heavy atom. The molecule has 0 amide bonds. The first-order valence-electron chi connectivity index (χ1n) is 7.68. The summed E-state index contributed by atoms with van der Waals surface area (Å²) in [6.07, 6.45) is 3.19. The normalized spacial score (nSPS) is 19.4. The maximum atomic E-state index is 6.05. The largest absolute Gasteiger partial charge is 0.356 e. The molecule has 1 fully saturated rings. The zero-order valence-corrected chi connectivity index (χ0v) is 13.8. The van der Waals surface area contributed by atoms with Crippen molar-refractivity contribution in [1.82, 2.24) is 4.98 Å². The van der Waals surface area contributed by atoms with Gasteiger partial charge in [0.2, 0.25) is 0 Å². The van der Waals surface area contributed by atoms with Crippen LogP contribution in [0.3, 0.4) is 0 Å². The number of benzene rings is 1. The number of hydrogen-bond donors (Lipinski definition) is 0. The van der Waals surface area contributed by atoms with Gasteiger partial charge >= 0.3 is 0 Å². The Labute approximate surface area is 132 Å². The van der Waals surface area contributed by atoms with Crippen LogP contribution < -0.4 is 4.90 Å². The zero-order valence-electron chi connectivity index (χ0n) is 13.1. The molecule has 21 heavy (non-hydrogen) atoms. The summed E-state index contributed by atoms with van der Waals surface area (Å²) in [4.78, 5) is 7.16. The average Bonchev–Trinajstić information content (AvgIpc) is 2.96. The average molecular weight is 303 g/mol. The lowest BCUT2D eigenvalue weighted by Gasteiger charge is -2.27. The van der Waals surface area contributed by atoms with Gasteiger partial charge in [-0.05, 0) is 28.7 Å². The Balaban J connectivity index is 1.99. The van der Waals surface area contributed by atoms with E-state index >= 15 is 0 Å². The van der Waals surface area contributed by atoms with Gasteiger partial charge in [-0.3, -0.25) is 0 Å². The van der Waals surface area contributed by atoms with Gasteiger partial charge < -0.3 is 4.90 Å². The summed E-state index contributed by atoms with van der Waals surface area (Å²) in [5.74, 6) is 2.36. The van der Waals surface area contributed by atoms with Crippen molar-refractivity contribution in [3.05, 3.63) is 36.0 Å². The summed E-state index contributed by atoms with van der Waals surface area (Å²) in [5, 5.41) is 2.46. The van der Waals surface area contributed by atoms with Gasteiger partial charge in [0.25, 0.3) is 0 Å². The van der Waals surface area contributed by atoms with Gasteiger partial charge in [-0.1, -0.05) is 45.0 Å². The van der Waals surface area contributed by atoms with Gasteiger partial charge in [0.1, 0.15) is 5.82 Å². The first-order chi connectivity index (χ1) is 10.0. The fraction of sp³-hybridized carbons (Fsp3) is 0.500. The first-order valence-corrected chi connectivity index (χ1v) is 8.21. The molecule has 0 radical (unpaired) electrons. The zero-order chi connectivity index (χ0) is 15.0. The van der Waals surface area contributed by atoms with Crippen LogP contribution in [0.25, 0.3) is 10.8 Å². The van der Waals surface area contributed by atoms with E-state index in [4.69, 9.17) is 16.6 Å². The van der Waals surface area contributed by atoms with E-state index in [-0.39, 0.29) is 0 Å². The number of nitrogens with zero attached hydrogens (tertiary/aromatic N) is 2. The van der Waals surface area contributed by atoms with E-state index < -0.39 is 0 Å². The molecule has 2 heterocycles. The van der Waals surface area contributed by atoms with Crippen molar-refractivity contribution in [1.29, 1.82) is 0 Å². The van der Waals surface area contributed by atoms with Crippen LogP contribution >= 0.6 is 11.6 Å². The predicted molar refractivity (Wildman–Crippen MR) is 91.1 cm³/mol. The summed E-state index contributed by atoms with van der Waals surface area (Å²) in [6.45, 7) is 9.20. The van der Waals surface area contributed by atoms with E-state index in [9.17, 15) is 0 Å². The summed E-state index contributed by atoms with van der Waals surface area (Å²) >= 11 is 6.05. The molecular formula is C18H23ClN2. The van der Waals surface area contributed by atoms with Crippen molar-refractivity contribution in [2.75, 3.05) is 18.0 Å². The molecule has 1 saturated heterocycles.